The van der Waals surface area contributed by atoms with Crippen LogP contribution in [-0.4, -0.2) is 25.2 Å². The van der Waals surface area contributed by atoms with Gasteiger partial charge in [-0.1, -0.05) is 93.7 Å². The third-order valence-electron chi connectivity index (χ3n) is 5.91. The topological polar surface area (TPSA) is 52.6 Å². The molecule has 0 amide bonds. The van der Waals surface area contributed by atoms with Crippen molar-refractivity contribution < 1.29 is 19.1 Å². The minimum atomic E-state index is -0.265. The van der Waals surface area contributed by atoms with Gasteiger partial charge in [0.1, 0.15) is 6.10 Å². The van der Waals surface area contributed by atoms with Gasteiger partial charge >= 0.3 is 11.9 Å². The summed E-state index contributed by atoms with van der Waals surface area (Å²) in [6.45, 7) is 2.18. The van der Waals surface area contributed by atoms with Gasteiger partial charge in [-0.15, -0.1) is 0 Å². The van der Waals surface area contributed by atoms with Crippen molar-refractivity contribution in [3.8, 4) is 0 Å². The van der Waals surface area contributed by atoms with Gasteiger partial charge in [0.05, 0.1) is 12.7 Å². The number of rotatable bonds is 16. The standard InChI is InChI=1S/C30H40O4/c1-3-4-12-20-26(21-13-10-8-6-5-7-9-11-14-24-29(31)33-2)34-30(32)28-23-17-19-25-18-15-16-22-27(25)28/h8,10,13,15-19,21-23,26H,3-7,9,11-12,14,20,24H2,1-2H3/b10-8-,21-13+/t26-/m0/s1. The van der Waals surface area contributed by atoms with Crippen molar-refractivity contribution in [3.05, 3.63) is 72.3 Å². The number of esters is 2. The molecule has 0 fully saturated rings. The minimum absolute atomic E-state index is 0.120. The van der Waals surface area contributed by atoms with E-state index in [1.807, 2.05) is 54.6 Å². The zero-order valence-corrected chi connectivity index (χ0v) is 20.8. The van der Waals surface area contributed by atoms with E-state index in [1.165, 1.54) is 7.11 Å². The van der Waals surface area contributed by atoms with Gasteiger partial charge < -0.3 is 9.47 Å². The van der Waals surface area contributed by atoms with E-state index in [4.69, 9.17) is 4.74 Å². The van der Waals surface area contributed by atoms with Crippen LogP contribution < -0.4 is 0 Å². The Bertz CT molecular complexity index is 923. The van der Waals surface area contributed by atoms with Crippen LogP contribution in [0.2, 0.25) is 0 Å². The molecule has 0 saturated carbocycles. The van der Waals surface area contributed by atoms with Crippen LogP contribution >= 0.6 is 0 Å². The summed E-state index contributed by atoms with van der Waals surface area (Å²) < 4.78 is 10.6. The van der Waals surface area contributed by atoms with Gasteiger partial charge in [0, 0.05) is 6.42 Å². The number of allylic oxidation sites excluding steroid dienone is 3. The molecule has 184 valence electrons. The van der Waals surface area contributed by atoms with E-state index >= 15 is 0 Å². The predicted octanol–water partition coefficient (Wildman–Crippen LogP) is 7.96. The molecule has 0 radical (unpaired) electrons. The van der Waals surface area contributed by atoms with Crippen LogP contribution in [0.15, 0.2) is 66.8 Å². The van der Waals surface area contributed by atoms with Crippen LogP contribution in [0.3, 0.4) is 0 Å². The fourth-order valence-corrected chi connectivity index (χ4v) is 3.92. The molecule has 0 unspecified atom stereocenters. The summed E-state index contributed by atoms with van der Waals surface area (Å²) in [5, 5.41) is 1.97. The van der Waals surface area contributed by atoms with Crippen LogP contribution in [0.5, 0.6) is 0 Å². The summed E-state index contributed by atoms with van der Waals surface area (Å²) >= 11 is 0. The minimum Gasteiger partial charge on any atom is -0.469 e. The molecule has 0 aromatic heterocycles. The van der Waals surface area contributed by atoms with Gasteiger partial charge in [0.25, 0.3) is 0 Å². The molecule has 2 aromatic carbocycles. The molecule has 4 heteroatoms. The van der Waals surface area contributed by atoms with Crippen LogP contribution in [0, 0.1) is 0 Å². The number of hydrogen-bond donors (Lipinski definition) is 0. The highest BCUT2D eigenvalue weighted by Crippen LogP contribution is 2.21. The first-order valence-electron chi connectivity index (χ1n) is 12.7. The van der Waals surface area contributed by atoms with Crippen molar-refractivity contribution in [2.24, 2.45) is 0 Å². The molecule has 2 rings (SSSR count). The fourth-order valence-electron chi connectivity index (χ4n) is 3.92. The Kier molecular flexibility index (Phi) is 13.4. The summed E-state index contributed by atoms with van der Waals surface area (Å²) in [5.41, 5.74) is 0.620. The maximum atomic E-state index is 12.9. The second-order valence-corrected chi connectivity index (χ2v) is 8.66. The Morgan fingerprint density at radius 3 is 2.47 bits per heavy atom. The Balaban J connectivity index is 1.80. The van der Waals surface area contributed by atoms with Crippen LogP contribution in [0.4, 0.5) is 0 Å². The average Bonchev–Trinajstić information content (AvgIpc) is 2.86. The van der Waals surface area contributed by atoms with E-state index in [2.05, 4.69) is 23.8 Å². The molecule has 0 aliphatic heterocycles. The number of unbranched alkanes of at least 4 members (excludes halogenated alkanes) is 7. The SMILES string of the molecule is CCCCC[C@@H](/C=C/C=C\CCCCCCCC(=O)OC)OC(=O)c1cccc2ccccc12. The number of carbonyl (C=O) groups is 2. The van der Waals surface area contributed by atoms with E-state index in [1.54, 1.807) is 0 Å². The van der Waals surface area contributed by atoms with Gasteiger partial charge in [-0.3, -0.25) is 4.79 Å². The van der Waals surface area contributed by atoms with Crippen molar-refractivity contribution >= 4 is 22.7 Å². The van der Waals surface area contributed by atoms with E-state index < -0.39 is 0 Å². The number of fused-ring (bicyclic) bond motifs is 1. The molecule has 0 aliphatic carbocycles. The lowest BCUT2D eigenvalue weighted by molar-refractivity contribution is -0.140. The highest BCUT2D eigenvalue weighted by Gasteiger charge is 2.15. The van der Waals surface area contributed by atoms with Gasteiger partial charge in [0.2, 0.25) is 0 Å². The third-order valence-corrected chi connectivity index (χ3v) is 5.91. The molecule has 0 heterocycles. The zero-order valence-electron chi connectivity index (χ0n) is 20.8. The molecule has 0 spiro atoms. The Hall–Kier alpha value is -2.88. The Morgan fingerprint density at radius 2 is 1.65 bits per heavy atom. The highest BCUT2D eigenvalue weighted by molar-refractivity contribution is 6.04. The maximum Gasteiger partial charge on any atom is 0.339 e. The first-order chi connectivity index (χ1) is 16.7. The monoisotopic (exact) mass is 464 g/mol. The van der Waals surface area contributed by atoms with Gasteiger partial charge in [-0.2, -0.15) is 0 Å². The lowest BCUT2D eigenvalue weighted by atomic mass is 10.0. The molecule has 1 atom stereocenters. The molecule has 2 aromatic rings. The fraction of sp³-hybridized carbons (Fsp3) is 0.467. The summed E-state index contributed by atoms with van der Waals surface area (Å²) in [4.78, 5) is 24.0. The third kappa shape index (κ3) is 10.4. The Labute approximate surface area is 205 Å². The molecule has 34 heavy (non-hydrogen) atoms. The van der Waals surface area contributed by atoms with Gasteiger partial charge in [-0.05, 0) is 55.0 Å². The molecule has 4 nitrogen and oxygen atoms in total. The van der Waals surface area contributed by atoms with Crippen molar-refractivity contribution in [1.29, 1.82) is 0 Å². The van der Waals surface area contributed by atoms with Crippen molar-refractivity contribution in [2.45, 2.75) is 83.7 Å². The summed E-state index contributed by atoms with van der Waals surface area (Å²) in [6, 6.07) is 13.7. The van der Waals surface area contributed by atoms with Crippen molar-refractivity contribution in [3.63, 3.8) is 0 Å². The summed E-state index contributed by atoms with van der Waals surface area (Å²) in [6.07, 6.45) is 19.1. The summed E-state index contributed by atoms with van der Waals surface area (Å²) in [7, 11) is 1.44. The van der Waals surface area contributed by atoms with E-state index in [9.17, 15) is 9.59 Å². The number of ether oxygens (including phenoxy) is 2. The van der Waals surface area contributed by atoms with Crippen molar-refractivity contribution in [2.75, 3.05) is 7.11 Å². The second-order valence-electron chi connectivity index (χ2n) is 8.66. The van der Waals surface area contributed by atoms with E-state index in [0.717, 1.165) is 75.0 Å². The van der Waals surface area contributed by atoms with Crippen LogP contribution in [0.25, 0.3) is 10.8 Å². The van der Waals surface area contributed by atoms with Gasteiger partial charge in [0.15, 0.2) is 0 Å². The zero-order chi connectivity index (χ0) is 24.4. The highest BCUT2D eigenvalue weighted by atomic mass is 16.5. The number of hydrogen-bond acceptors (Lipinski definition) is 4. The molecular weight excluding hydrogens is 424 g/mol. The largest absolute Gasteiger partial charge is 0.469 e. The number of benzene rings is 2. The van der Waals surface area contributed by atoms with E-state index in [-0.39, 0.29) is 18.0 Å². The lowest BCUT2D eigenvalue weighted by Gasteiger charge is -2.15. The molecule has 0 saturated heterocycles. The number of carbonyl (C=O) groups excluding carboxylic acids is 2. The van der Waals surface area contributed by atoms with Crippen molar-refractivity contribution in [1.82, 2.24) is 0 Å². The first kappa shape index (κ1) is 27.4. The lowest BCUT2D eigenvalue weighted by Crippen LogP contribution is -2.16. The molecular formula is C30H40O4. The van der Waals surface area contributed by atoms with Crippen LogP contribution in [-0.2, 0) is 14.3 Å². The number of methoxy groups -OCH3 is 1. The maximum absolute atomic E-state index is 12.9. The normalized spacial score (nSPS) is 12.4. The first-order valence-corrected chi connectivity index (χ1v) is 12.7. The quantitative estimate of drug-likeness (QED) is 0.144. The smallest absolute Gasteiger partial charge is 0.339 e. The van der Waals surface area contributed by atoms with Crippen LogP contribution in [0.1, 0.15) is 87.9 Å². The molecule has 0 bridgehead atoms. The second kappa shape index (κ2) is 16.7. The molecule has 0 aliphatic rings. The average molecular weight is 465 g/mol. The summed E-state index contributed by atoms with van der Waals surface area (Å²) in [5.74, 6) is -0.385. The van der Waals surface area contributed by atoms with E-state index in [0.29, 0.717) is 12.0 Å². The predicted molar refractivity (Wildman–Crippen MR) is 140 cm³/mol. The van der Waals surface area contributed by atoms with Gasteiger partial charge in [-0.25, -0.2) is 4.79 Å². The molecule has 0 N–H and O–H groups in total. The Morgan fingerprint density at radius 1 is 0.882 bits per heavy atom.